The molecule has 1 saturated heterocycles. The number of amides is 2. The number of halogens is 1. The van der Waals surface area contributed by atoms with Crippen molar-refractivity contribution in [3.63, 3.8) is 0 Å². The van der Waals surface area contributed by atoms with Crippen LogP contribution in [-0.4, -0.2) is 39.5 Å². The Labute approximate surface area is 228 Å². The number of benzene rings is 2. The van der Waals surface area contributed by atoms with Crippen molar-refractivity contribution in [3.05, 3.63) is 98.2 Å². The van der Waals surface area contributed by atoms with Crippen molar-refractivity contribution in [1.29, 1.82) is 0 Å². The van der Waals surface area contributed by atoms with Crippen LogP contribution in [0.1, 0.15) is 84.4 Å². The maximum absolute atomic E-state index is 14.0. The van der Waals surface area contributed by atoms with Crippen LogP contribution in [0.2, 0.25) is 0 Å². The standard InChI is InChI=1S/C31H37FN4O3/c1-6-31(4,5)27-13-12-26(22-8-7-9-25(32)17-22)36(27)28(37)18-33-29(38)23-11-10-21(19(2)14-23)16-24-15-20(3)34-35-30(24)39/h7-11,14-15,17,26-27H,6,12-13,16,18H2,1-5H3,(H,33,38)(H,35,39)/t26-,27+/m0/s1. The van der Waals surface area contributed by atoms with Crippen molar-refractivity contribution in [2.75, 3.05) is 6.54 Å². The van der Waals surface area contributed by atoms with Gasteiger partial charge >= 0.3 is 0 Å². The third kappa shape index (κ3) is 6.27. The minimum Gasteiger partial charge on any atom is -0.343 e. The van der Waals surface area contributed by atoms with Gasteiger partial charge in [-0.3, -0.25) is 14.4 Å². The Kier molecular flexibility index (Phi) is 8.33. The van der Waals surface area contributed by atoms with Crippen LogP contribution in [0.5, 0.6) is 0 Å². The minimum absolute atomic E-state index is 0.0123. The second-order valence-corrected chi connectivity index (χ2v) is 11.2. The number of H-pyrrole nitrogens is 1. The molecule has 8 heteroatoms. The summed E-state index contributed by atoms with van der Waals surface area (Å²) in [4.78, 5) is 40.6. The molecule has 1 aliphatic heterocycles. The molecule has 2 aromatic carbocycles. The summed E-state index contributed by atoms with van der Waals surface area (Å²) in [5.74, 6) is -0.848. The summed E-state index contributed by atoms with van der Waals surface area (Å²) in [7, 11) is 0. The first-order chi connectivity index (χ1) is 18.5. The highest BCUT2D eigenvalue weighted by molar-refractivity contribution is 5.96. The molecule has 0 radical (unpaired) electrons. The first kappa shape index (κ1) is 28.2. The van der Waals surface area contributed by atoms with Gasteiger partial charge < -0.3 is 10.2 Å². The summed E-state index contributed by atoms with van der Waals surface area (Å²) in [6, 6.07) is 13.3. The van der Waals surface area contributed by atoms with Crippen LogP contribution in [0.3, 0.4) is 0 Å². The quantitative estimate of drug-likeness (QED) is 0.426. The highest BCUT2D eigenvalue weighted by Crippen LogP contribution is 2.44. The van der Waals surface area contributed by atoms with E-state index in [0.29, 0.717) is 17.5 Å². The first-order valence-corrected chi connectivity index (χ1v) is 13.5. The number of hydrogen-bond acceptors (Lipinski definition) is 4. The zero-order chi connectivity index (χ0) is 28.3. The number of hydrogen-bond donors (Lipinski definition) is 2. The summed E-state index contributed by atoms with van der Waals surface area (Å²) >= 11 is 0. The van der Waals surface area contributed by atoms with Gasteiger partial charge in [0.25, 0.3) is 11.5 Å². The van der Waals surface area contributed by atoms with E-state index in [4.69, 9.17) is 0 Å². The molecule has 206 valence electrons. The molecule has 0 spiro atoms. The van der Waals surface area contributed by atoms with Crippen molar-refractivity contribution in [2.45, 2.75) is 72.4 Å². The van der Waals surface area contributed by atoms with Gasteiger partial charge in [0.1, 0.15) is 5.82 Å². The Balaban J connectivity index is 1.48. The van der Waals surface area contributed by atoms with E-state index in [0.717, 1.165) is 41.6 Å². The molecule has 4 rings (SSSR count). The van der Waals surface area contributed by atoms with Gasteiger partial charge in [0.05, 0.1) is 18.3 Å². The molecule has 2 atom stereocenters. The predicted octanol–water partition coefficient (Wildman–Crippen LogP) is 5.01. The summed E-state index contributed by atoms with van der Waals surface area (Å²) in [6.45, 7) is 9.97. The fourth-order valence-electron chi connectivity index (χ4n) is 5.48. The van der Waals surface area contributed by atoms with Crippen molar-refractivity contribution in [3.8, 4) is 0 Å². The van der Waals surface area contributed by atoms with E-state index in [9.17, 15) is 18.8 Å². The number of aromatic nitrogens is 2. The van der Waals surface area contributed by atoms with Crippen molar-refractivity contribution in [1.82, 2.24) is 20.4 Å². The SMILES string of the molecule is CCC(C)(C)[C@H]1CC[C@@H](c2cccc(F)c2)N1C(=O)CNC(=O)c1ccc(Cc2cc(C)n[nH]c2=O)c(C)c1. The van der Waals surface area contributed by atoms with Gasteiger partial charge in [0.15, 0.2) is 0 Å². The van der Waals surface area contributed by atoms with Crippen LogP contribution in [0, 0.1) is 25.1 Å². The minimum atomic E-state index is -0.344. The second kappa shape index (κ2) is 11.5. The van der Waals surface area contributed by atoms with Gasteiger partial charge in [-0.1, -0.05) is 39.0 Å². The molecule has 0 unspecified atom stereocenters. The molecule has 2 amide bonds. The molecule has 2 heterocycles. The average Bonchev–Trinajstić information content (AvgIpc) is 3.37. The lowest BCUT2D eigenvalue weighted by molar-refractivity contribution is -0.135. The Morgan fingerprint density at radius 2 is 1.87 bits per heavy atom. The van der Waals surface area contributed by atoms with Gasteiger partial charge in [-0.15, -0.1) is 0 Å². The summed E-state index contributed by atoms with van der Waals surface area (Å²) in [6.07, 6.45) is 2.89. The zero-order valence-electron chi connectivity index (χ0n) is 23.3. The van der Waals surface area contributed by atoms with Crippen LogP contribution in [0.15, 0.2) is 53.3 Å². The number of likely N-dealkylation sites (tertiary alicyclic amines) is 1. The average molecular weight is 533 g/mol. The van der Waals surface area contributed by atoms with Gasteiger partial charge in [-0.25, -0.2) is 9.49 Å². The van der Waals surface area contributed by atoms with Gasteiger partial charge in [-0.2, -0.15) is 5.10 Å². The fourth-order valence-corrected chi connectivity index (χ4v) is 5.48. The fraction of sp³-hybridized carbons (Fsp3) is 0.419. The number of aromatic amines is 1. The van der Waals surface area contributed by atoms with Gasteiger partial charge in [0, 0.05) is 23.6 Å². The molecule has 7 nitrogen and oxygen atoms in total. The van der Waals surface area contributed by atoms with Crippen molar-refractivity contribution >= 4 is 11.8 Å². The van der Waals surface area contributed by atoms with Gasteiger partial charge in [0.2, 0.25) is 5.91 Å². The molecule has 0 saturated carbocycles. The third-order valence-corrected chi connectivity index (χ3v) is 8.11. The molecule has 1 aliphatic rings. The molecular weight excluding hydrogens is 495 g/mol. The Bertz CT molecular complexity index is 1430. The normalized spacial score (nSPS) is 17.3. The lowest BCUT2D eigenvalue weighted by atomic mass is 9.80. The molecule has 2 N–H and O–H groups in total. The zero-order valence-corrected chi connectivity index (χ0v) is 23.3. The number of aryl methyl sites for hydroxylation is 2. The second-order valence-electron chi connectivity index (χ2n) is 11.2. The summed E-state index contributed by atoms with van der Waals surface area (Å²) in [5, 5.41) is 9.20. The number of carbonyl (C=O) groups excluding carboxylic acids is 2. The Morgan fingerprint density at radius 1 is 1.10 bits per heavy atom. The van der Waals surface area contributed by atoms with E-state index in [2.05, 4.69) is 36.3 Å². The van der Waals surface area contributed by atoms with Crippen LogP contribution in [-0.2, 0) is 11.2 Å². The maximum Gasteiger partial charge on any atom is 0.267 e. The Hall–Kier alpha value is -3.81. The number of carbonyl (C=O) groups is 2. The topological polar surface area (TPSA) is 95.2 Å². The van der Waals surface area contributed by atoms with Crippen LogP contribution >= 0.6 is 0 Å². The molecule has 3 aromatic rings. The lowest BCUT2D eigenvalue weighted by Crippen LogP contribution is -2.48. The highest BCUT2D eigenvalue weighted by Gasteiger charge is 2.44. The molecule has 1 fully saturated rings. The van der Waals surface area contributed by atoms with E-state index < -0.39 is 0 Å². The number of nitrogens with zero attached hydrogens (tertiary/aromatic N) is 2. The van der Waals surface area contributed by atoms with E-state index in [1.807, 2.05) is 30.9 Å². The van der Waals surface area contributed by atoms with Crippen LogP contribution in [0.4, 0.5) is 4.39 Å². The van der Waals surface area contributed by atoms with E-state index in [-0.39, 0.29) is 47.2 Å². The molecule has 1 aromatic heterocycles. The van der Waals surface area contributed by atoms with Crippen molar-refractivity contribution in [2.24, 2.45) is 5.41 Å². The number of nitrogens with one attached hydrogen (secondary N) is 2. The molecule has 39 heavy (non-hydrogen) atoms. The monoisotopic (exact) mass is 532 g/mol. The summed E-state index contributed by atoms with van der Waals surface area (Å²) < 4.78 is 14.0. The van der Waals surface area contributed by atoms with Crippen LogP contribution < -0.4 is 10.9 Å². The predicted molar refractivity (Wildman–Crippen MR) is 149 cm³/mol. The lowest BCUT2D eigenvalue weighted by Gasteiger charge is -2.40. The highest BCUT2D eigenvalue weighted by atomic mass is 19.1. The smallest absolute Gasteiger partial charge is 0.267 e. The molecule has 0 aliphatic carbocycles. The Morgan fingerprint density at radius 3 is 2.56 bits per heavy atom. The van der Waals surface area contributed by atoms with E-state index in [1.54, 1.807) is 24.3 Å². The maximum atomic E-state index is 14.0. The number of rotatable bonds is 8. The van der Waals surface area contributed by atoms with Crippen molar-refractivity contribution < 1.29 is 14.0 Å². The third-order valence-electron chi connectivity index (χ3n) is 8.11. The summed E-state index contributed by atoms with van der Waals surface area (Å²) in [5.41, 5.74) is 4.00. The first-order valence-electron chi connectivity index (χ1n) is 13.5. The molecular formula is C31H37FN4O3. The largest absolute Gasteiger partial charge is 0.343 e. The van der Waals surface area contributed by atoms with Crippen LogP contribution in [0.25, 0.3) is 0 Å². The van der Waals surface area contributed by atoms with E-state index in [1.165, 1.54) is 12.1 Å². The van der Waals surface area contributed by atoms with E-state index >= 15 is 0 Å². The molecule has 0 bridgehead atoms. The van der Waals surface area contributed by atoms with Gasteiger partial charge in [-0.05, 0) is 85.5 Å².